The Morgan fingerprint density at radius 1 is 1.26 bits per heavy atom. The third kappa shape index (κ3) is 3.37. The van der Waals surface area contributed by atoms with Crippen molar-refractivity contribution in [3.63, 3.8) is 0 Å². The minimum atomic E-state index is -0.696. The number of carbonyl (C=O) groups excluding carboxylic acids is 1. The second kappa shape index (κ2) is 6.67. The lowest BCUT2D eigenvalue weighted by atomic mass is 9.80. The van der Waals surface area contributed by atoms with E-state index >= 15 is 0 Å². The first-order chi connectivity index (χ1) is 10.8. The molecule has 128 valence electrons. The van der Waals surface area contributed by atoms with Crippen molar-refractivity contribution in [1.82, 2.24) is 14.5 Å². The van der Waals surface area contributed by atoms with Crippen LogP contribution < -0.4 is 11.2 Å². The number of likely N-dealkylation sites (tertiary alicyclic amines) is 1. The Hall–Kier alpha value is -1.93. The van der Waals surface area contributed by atoms with Crippen molar-refractivity contribution in [2.45, 2.75) is 32.7 Å². The van der Waals surface area contributed by atoms with E-state index in [-0.39, 0.29) is 24.8 Å². The molecule has 0 radical (unpaired) electrons. The fourth-order valence-electron chi connectivity index (χ4n) is 2.74. The summed E-state index contributed by atoms with van der Waals surface area (Å²) in [5, 5.41) is 18.8. The molecule has 1 saturated heterocycles. The number of aromatic amines is 1. The van der Waals surface area contributed by atoms with E-state index in [1.807, 2.05) is 0 Å². The molecule has 8 heteroatoms. The number of aliphatic hydroxyl groups excluding tert-OH is 2. The molecule has 1 aromatic rings. The van der Waals surface area contributed by atoms with Crippen LogP contribution in [0.1, 0.15) is 43.1 Å². The van der Waals surface area contributed by atoms with Crippen LogP contribution >= 0.6 is 0 Å². The monoisotopic (exact) mass is 325 g/mol. The van der Waals surface area contributed by atoms with Crippen LogP contribution in [0.5, 0.6) is 0 Å². The fraction of sp³-hybridized carbons (Fsp3) is 0.667. The number of aromatic nitrogens is 2. The molecule has 0 bridgehead atoms. The Morgan fingerprint density at radius 2 is 1.83 bits per heavy atom. The summed E-state index contributed by atoms with van der Waals surface area (Å²) >= 11 is 0. The molecule has 0 atom stereocenters. The highest BCUT2D eigenvalue weighted by Gasteiger charge is 2.35. The molecular weight excluding hydrogens is 302 g/mol. The van der Waals surface area contributed by atoms with E-state index in [1.165, 1.54) is 15.7 Å². The molecule has 1 aliphatic heterocycles. The molecule has 0 aliphatic carbocycles. The normalized spacial score (nSPS) is 17.5. The maximum Gasteiger partial charge on any atom is 0.328 e. The fourth-order valence-corrected chi connectivity index (χ4v) is 2.74. The topological polar surface area (TPSA) is 116 Å². The van der Waals surface area contributed by atoms with Gasteiger partial charge in [-0.15, -0.1) is 0 Å². The van der Waals surface area contributed by atoms with E-state index in [2.05, 4.69) is 4.98 Å². The van der Waals surface area contributed by atoms with Crippen LogP contribution in [0.3, 0.4) is 0 Å². The Labute approximate surface area is 133 Å². The van der Waals surface area contributed by atoms with E-state index in [4.69, 9.17) is 0 Å². The third-order valence-electron chi connectivity index (χ3n) is 4.54. The molecule has 1 aromatic heterocycles. The summed E-state index contributed by atoms with van der Waals surface area (Å²) in [5.41, 5.74) is -1.88. The van der Waals surface area contributed by atoms with Gasteiger partial charge in [0.05, 0.1) is 13.2 Å². The number of hydrogen-bond acceptors (Lipinski definition) is 5. The van der Waals surface area contributed by atoms with Gasteiger partial charge in [0.2, 0.25) is 0 Å². The van der Waals surface area contributed by atoms with Crippen molar-refractivity contribution in [2.24, 2.45) is 5.41 Å². The van der Waals surface area contributed by atoms with Gasteiger partial charge in [0.15, 0.2) is 0 Å². The number of hydrogen-bond donors (Lipinski definition) is 3. The van der Waals surface area contributed by atoms with Gasteiger partial charge in [-0.25, -0.2) is 4.79 Å². The quantitative estimate of drug-likeness (QED) is 0.679. The van der Waals surface area contributed by atoms with E-state index in [0.29, 0.717) is 25.9 Å². The van der Waals surface area contributed by atoms with Crippen molar-refractivity contribution in [2.75, 3.05) is 26.3 Å². The molecule has 23 heavy (non-hydrogen) atoms. The smallest absolute Gasteiger partial charge is 0.328 e. The van der Waals surface area contributed by atoms with Gasteiger partial charge in [-0.1, -0.05) is 0 Å². The zero-order chi connectivity index (χ0) is 17.2. The van der Waals surface area contributed by atoms with Gasteiger partial charge < -0.3 is 15.1 Å². The Balaban J connectivity index is 2.24. The molecule has 2 heterocycles. The highest BCUT2D eigenvalue weighted by molar-refractivity contribution is 5.93. The first kappa shape index (κ1) is 17.4. The Bertz CT molecular complexity index is 677. The SMILES string of the molecule is CC(C)n1cc(C(=O)N2CCC(CO)(CO)CC2)c(=O)[nH]c1=O. The summed E-state index contributed by atoms with van der Waals surface area (Å²) in [7, 11) is 0. The first-order valence-corrected chi connectivity index (χ1v) is 7.70. The van der Waals surface area contributed by atoms with Gasteiger partial charge in [-0.3, -0.25) is 19.1 Å². The predicted octanol–water partition coefficient (Wildman–Crippen LogP) is -0.675. The predicted molar refractivity (Wildman–Crippen MR) is 83.4 cm³/mol. The molecule has 1 fully saturated rings. The largest absolute Gasteiger partial charge is 0.396 e. The molecule has 0 saturated carbocycles. The van der Waals surface area contributed by atoms with Crippen molar-refractivity contribution in [3.8, 4) is 0 Å². The van der Waals surface area contributed by atoms with E-state index < -0.39 is 22.6 Å². The first-order valence-electron chi connectivity index (χ1n) is 7.70. The van der Waals surface area contributed by atoms with Crippen LogP contribution in [-0.4, -0.2) is 56.9 Å². The summed E-state index contributed by atoms with van der Waals surface area (Å²) in [6.45, 7) is 3.99. The lowest BCUT2D eigenvalue weighted by molar-refractivity contribution is 0.000610. The number of nitrogens with zero attached hydrogens (tertiary/aromatic N) is 2. The third-order valence-corrected chi connectivity index (χ3v) is 4.54. The van der Waals surface area contributed by atoms with Gasteiger partial charge in [0.25, 0.3) is 11.5 Å². The van der Waals surface area contributed by atoms with E-state index in [0.717, 1.165) is 0 Å². The van der Waals surface area contributed by atoms with Crippen LogP contribution in [0.15, 0.2) is 15.8 Å². The maximum absolute atomic E-state index is 12.6. The van der Waals surface area contributed by atoms with Gasteiger partial charge in [-0.05, 0) is 26.7 Å². The molecule has 0 aromatic carbocycles. The number of rotatable bonds is 4. The van der Waals surface area contributed by atoms with Gasteiger partial charge in [0.1, 0.15) is 5.56 Å². The van der Waals surface area contributed by atoms with Gasteiger partial charge in [0, 0.05) is 30.7 Å². The van der Waals surface area contributed by atoms with Crippen molar-refractivity contribution in [1.29, 1.82) is 0 Å². The lowest BCUT2D eigenvalue weighted by Gasteiger charge is -2.39. The highest BCUT2D eigenvalue weighted by Crippen LogP contribution is 2.30. The summed E-state index contributed by atoms with van der Waals surface area (Å²) < 4.78 is 1.31. The van der Waals surface area contributed by atoms with Crippen LogP contribution in [0.4, 0.5) is 0 Å². The van der Waals surface area contributed by atoms with Crippen molar-refractivity contribution in [3.05, 3.63) is 32.6 Å². The molecular formula is C15H23N3O5. The minimum Gasteiger partial charge on any atom is -0.396 e. The lowest BCUT2D eigenvalue weighted by Crippen LogP contribution is -2.48. The van der Waals surface area contributed by atoms with E-state index in [9.17, 15) is 24.6 Å². The molecule has 1 amide bonds. The Kier molecular flexibility index (Phi) is 5.06. The second-order valence-corrected chi connectivity index (χ2v) is 6.41. The van der Waals surface area contributed by atoms with Crippen molar-refractivity contribution >= 4 is 5.91 Å². The van der Waals surface area contributed by atoms with E-state index in [1.54, 1.807) is 13.8 Å². The van der Waals surface area contributed by atoms with Gasteiger partial charge >= 0.3 is 5.69 Å². The second-order valence-electron chi connectivity index (χ2n) is 6.41. The maximum atomic E-state index is 12.6. The average Bonchev–Trinajstić information content (AvgIpc) is 2.54. The van der Waals surface area contributed by atoms with Crippen LogP contribution in [-0.2, 0) is 0 Å². The van der Waals surface area contributed by atoms with Crippen LogP contribution in [0.25, 0.3) is 0 Å². The van der Waals surface area contributed by atoms with Crippen LogP contribution in [0.2, 0.25) is 0 Å². The highest BCUT2D eigenvalue weighted by atomic mass is 16.3. The summed E-state index contributed by atoms with van der Waals surface area (Å²) in [6.07, 6.45) is 2.23. The number of aliphatic hydroxyl groups is 2. The standard InChI is InChI=1S/C15H23N3O5/c1-10(2)18-7-11(12(21)16-14(18)23)13(22)17-5-3-15(8-19,9-20)4-6-17/h7,10,19-20H,3-6,8-9H2,1-2H3,(H,16,21,23). The van der Waals surface area contributed by atoms with Crippen molar-refractivity contribution < 1.29 is 15.0 Å². The zero-order valence-corrected chi connectivity index (χ0v) is 13.4. The average molecular weight is 325 g/mol. The minimum absolute atomic E-state index is 0.0706. The molecule has 2 rings (SSSR count). The number of piperidine rings is 1. The number of H-pyrrole nitrogens is 1. The Morgan fingerprint density at radius 3 is 2.30 bits per heavy atom. The van der Waals surface area contributed by atoms with Gasteiger partial charge in [-0.2, -0.15) is 0 Å². The molecule has 8 nitrogen and oxygen atoms in total. The van der Waals surface area contributed by atoms with Crippen LogP contribution in [0, 0.1) is 5.41 Å². The molecule has 1 aliphatic rings. The zero-order valence-electron chi connectivity index (χ0n) is 13.4. The summed E-state index contributed by atoms with van der Waals surface area (Å²) in [6, 6.07) is -0.177. The number of nitrogens with one attached hydrogen (secondary N) is 1. The summed E-state index contributed by atoms with van der Waals surface area (Å²) in [4.78, 5) is 39.9. The summed E-state index contributed by atoms with van der Waals surface area (Å²) in [5.74, 6) is -0.440. The molecule has 3 N–H and O–H groups in total. The molecule has 0 spiro atoms. The molecule has 0 unspecified atom stereocenters. The number of carbonyl (C=O) groups is 1. The number of amides is 1.